The second-order valence-electron chi connectivity index (χ2n) is 5.25. The van der Waals surface area contributed by atoms with Gasteiger partial charge in [-0.05, 0) is 31.9 Å². The van der Waals surface area contributed by atoms with Gasteiger partial charge in [0.2, 0.25) is 0 Å². The van der Waals surface area contributed by atoms with Crippen molar-refractivity contribution in [2.45, 2.75) is 44.4 Å². The molecule has 3 atom stereocenters. The minimum Gasteiger partial charge on any atom is -0.468 e. The highest BCUT2D eigenvalue weighted by Gasteiger charge is 2.38. The Kier molecular flexibility index (Phi) is 3.56. The maximum atomic E-state index is 10.1. The molecule has 3 unspecified atom stereocenters. The number of rotatable bonds is 4. The molecule has 0 saturated carbocycles. The van der Waals surface area contributed by atoms with Crippen molar-refractivity contribution in [2.24, 2.45) is 5.73 Å². The van der Waals surface area contributed by atoms with Crippen LogP contribution >= 0.6 is 0 Å². The van der Waals surface area contributed by atoms with Crippen molar-refractivity contribution in [1.82, 2.24) is 4.90 Å². The van der Waals surface area contributed by atoms with E-state index in [1.807, 2.05) is 19.1 Å². The largest absolute Gasteiger partial charge is 0.468 e. The third kappa shape index (κ3) is 2.70. The Labute approximate surface area is 102 Å². The van der Waals surface area contributed by atoms with Crippen LogP contribution in [0.25, 0.3) is 0 Å². The van der Waals surface area contributed by atoms with Gasteiger partial charge in [-0.2, -0.15) is 0 Å². The van der Waals surface area contributed by atoms with E-state index < -0.39 is 5.60 Å². The summed E-state index contributed by atoms with van der Waals surface area (Å²) in [4.78, 5) is 2.23. The molecule has 4 heteroatoms. The third-order valence-electron chi connectivity index (χ3n) is 3.59. The first-order valence-corrected chi connectivity index (χ1v) is 6.29. The molecular weight excluding hydrogens is 216 g/mol. The first-order valence-electron chi connectivity index (χ1n) is 6.29. The fourth-order valence-corrected chi connectivity index (χ4v) is 2.56. The molecule has 3 N–H and O–H groups in total. The van der Waals surface area contributed by atoms with Crippen molar-refractivity contribution in [3.63, 3.8) is 0 Å². The Morgan fingerprint density at radius 3 is 2.88 bits per heavy atom. The van der Waals surface area contributed by atoms with Gasteiger partial charge in [0.15, 0.2) is 0 Å². The Hall–Kier alpha value is -0.840. The molecule has 0 amide bonds. The molecule has 1 saturated heterocycles. The van der Waals surface area contributed by atoms with Crippen LogP contribution in [-0.4, -0.2) is 34.7 Å². The van der Waals surface area contributed by atoms with Crippen LogP contribution < -0.4 is 5.73 Å². The number of nitrogens with two attached hydrogens (primary N) is 1. The number of hydrogen-bond acceptors (Lipinski definition) is 4. The maximum absolute atomic E-state index is 10.1. The minimum atomic E-state index is -0.599. The van der Waals surface area contributed by atoms with Crippen molar-refractivity contribution >= 4 is 0 Å². The van der Waals surface area contributed by atoms with E-state index in [9.17, 15) is 5.11 Å². The van der Waals surface area contributed by atoms with Crippen LogP contribution in [0.15, 0.2) is 22.8 Å². The number of furan rings is 1. The molecule has 0 bridgehead atoms. The molecule has 17 heavy (non-hydrogen) atoms. The van der Waals surface area contributed by atoms with Crippen LogP contribution in [0.3, 0.4) is 0 Å². The van der Waals surface area contributed by atoms with Gasteiger partial charge < -0.3 is 15.3 Å². The second-order valence-corrected chi connectivity index (χ2v) is 5.25. The zero-order valence-electron chi connectivity index (χ0n) is 10.6. The standard InChI is InChI=1S/C13H22N2O2/c1-3-10(14)12(11-5-4-8-17-11)15-7-6-13(2,16)9-15/h4-5,8,10,12,16H,3,6-7,9,14H2,1-2H3. The van der Waals surface area contributed by atoms with E-state index in [0.717, 1.165) is 25.1 Å². The van der Waals surface area contributed by atoms with E-state index in [0.29, 0.717) is 6.54 Å². The van der Waals surface area contributed by atoms with Gasteiger partial charge in [0.25, 0.3) is 0 Å². The lowest BCUT2D eigenvalue weighted by Gasteiger charge is -2.31. The predicted octanol–water partition coefficient (Wildman–Crippen LogP) is 1.51. The smallest absolute Gasteiger partial charge is 0.122 e. The number of hydrogen-bond donors (Lipinski definition) is 2. The molecule has 0 aromatic carbocycles. The number of likely N-dealkylation sites (tertiary alicyclic amines) is 1. The first-order chi connectivity index (χ1) is 8.03. The molecule has 1 aliphatic heterocycles. The highest BCUT2D eigenvalue weighted by Crippen LogP contribution is 2.32. The Morgan fingerprint density at radius 1 is 1.65 bits per heavy atom. The normalized spacial score (nSPS) is 29.4. The molecule has 1 aliphatic rings. The zero-order chi connectivity index (χ0) is 12.5. The molecule has 0 radical (unpaired) electrons. The molecule has 1 fully saturated rings. The summed E-state index contributed by atoms with van der Waals surface area (Å²) in [6.45, 7) is 5.48. The van der Waals surface area contributed by atoms with Gasteiger partial charge in [0.05, 0.1) is 17.9 Å². The zero-order valence-corrected chi connectivity index (χ0v) is 10.6. The average Bonchev–Trinajstić information content (AvgIpc) is 2.89. The summed E-state index contributed by atoms with van der Waals surface area (Å²) in [5.41, 5.74) is 5.59. The predicted molar refractivity (Wildman–Crippen MR) is 66.5 cm³/mol. The molecule has 1 aromatic rings. The van der Waals surface area contributed by atoms with Gasteiger partial charge in [0.1, 0.15) is 5.76 Å². The lowest BCUT2D eigenvalue weighted by Crippen LogP contribution is -2.41. The molecule has 0 spiro atoms. The SMILES string of the molecule is CCC(N)C(c1ccco1)N1CCC(C)(O)C1. The molecule has 1 aromatic heterocycles. The molecular formula is C13H22N2O2. The summed E-state index contributed by atoms with van der Waals surface area (Å²) in [6.07, 6.45) is 3.36. The minimum absolute atomic E-state index is 0.0371. The summed E-state index contributed by atoms with van der Waals surface area (Å²) in [5.74, 6) is 0.900. The number of β-amino-alcohol motifs (C(OH)–C–C–N with tert-alkyl or cyclic N) is 1. The number of nitrogens with zero attached hydrogens (tertiary/aromatic N) is 1. The summed E-state index contributed by atoms with van der Waals surface area (Å²) in [6, 6.07) is 3.96. The fraction of sp³-hybridized carbons (Fsp3) is 0.692. The van der Waals surface area contributed by atoms with Crippen LogP contribution in [0.2, 0.25) is 0 Å². The van der Waals surface area contributed by atoms with Crippen molar-refractivity contribution < 1.29 is 9.52 Å². The van der Waals surface area contributed by atoms with Crippen molar-refractivity contribution in [3.8, 4) is 0 Å². The van der Waals surface area contributed by atoms with Crippen LogP contribution in [0.5, 0.6) is 0 Å². The fourth-order valence-electron chi connectivity index (χ4n) is 2.56. The van der Waals surface area contributed by atoms with Crippen LogP contribution in [0.1, 0.15) is 38.5 Å². The molecule has 96 valence electrons. The van der Waals surface area contributed by atoms with Crippen molar-refractivity contribution in [3.05, 3.63) is 24.2 Å². The lowest BCUT2D eigenvalue weighted by atomic mass is 10.0. The monoisotopic (exact) mass is 238 g/mol. The van der Waals surface area contributed by atoms with Gasteiger partial charge in [-0.1, -0.05) is 6.92 Å². The highest BCUT2D eigenvalue weighted by molar-refractivity contribution is 5.09. The second kappa shape index (κ2) is 4.80. The molecule has 0 aliphatic carbocycles. The summed E-state index contributed by atoms with van der Waals surface area (Å²) < 4.78 is 5.50. The third-order valence-corrected chi connectivity index (χ3v) is 3.59. The number of aliphatic hydroxyl groups is 1. The van der Waals surface area contributed by atoms with E-state index in [-0.39, 0.29) is 12.1 Å². The highest BCUT2D eigenvalue weighted by atomic mass is 16.3. The summed E-state index contributed by atoms with van der Waals surface area (Å²) in [7, 11) is 0. The van der Waals surface area contributed by atoms with Crippen LogP contribution in [0.4, 0.5) is 0 Å². The Morgan fingerprint density at radius 2 is 2.41 bits per heavy atom. The van der Waals surface area contributed by atoms with E-state index in [2.05, 4.69) is 11.8 Å². The van der Waals surface area contributed by atoms with Crippen molar-refractivity contribution in [2.75, 3.05) is 13.1 Å². The van der Waals surface area contributed by atoms with Gasteiger partial charge in [-0.3, -0.25) is 4.90 Å². The van der Waals surface area contributed by atoms with E-state index >= 15 is 0 Å². The van der Waals surface area contributed by atoms with Gasteiger partial charge >= 0.3 is 0 Å². The van der Waals surface area contributed by atoms with E-state index in [1.165, 1.54) is 0 Å². The van der Waals surface area contributed by atoms with E-state index in [4.69, 9.17) is 10.2 Å². The van der Waals surface area contributed by atoms with Gasteiger partial charge in [-0.25, -0.2) is 0 Å². The molecule has 2 rings (SSSR count). The topological polar surface area (TPSA) is 62.6 Å². The van der Waals surface area contributed by atoms with Crippen LogP contribution in [0, 0.1) is 0 Å². The Bertz CT molecular complexity index is 348. The summed E-state index contributed by atoms with van der Waals surface area (Å²) in [5, 5.41) is 10.1. The summed E-state index contributed by atoms with van der Waals surface area (Å²) >= 11 is 0. The quantitative estimate of drug-likeness (QED) is 0.834. The Balaban J connectivity index is 2.17. The maximum Gasteiger partial charge on any atom is 0.122 e. The van der Waals surface area contributed by atoms with Crippen molar-refractivity contribution in [1.29, 1.82) is 0 Å². The molecule has 2 heterocycles. The molecule has 4 nitrogen and oxygen atoms in total. The lowest BCUT2D eigenvalue weighted by molar-refractivity contribution is 0.0568. The van der Waals surface area contributed by atoms with E-state index in [1.54, 1.807) is 6.26 Å². The van der Waals surface area contributed by atoms with Gasteiger partial charge in [-0.15, -0.1) is 0 Å². The van der Waals surface area contributed by atoms with Gasteiger partial charge in [0, 0.05) is 19.1 Å². The first kappa shape index (κ1) is 12.6. The van der Waals surface area contributed by atoms with Crippen LogP contribution in [-0.2, 0) is 0 Å². The average molecular weight is 238 g/mol.